The van der Waals surface area contributed by atoms with Crippen molar-refractivity contribution in [2.45, 2.75) is 52.7 Å². The molecule has 2 unspecified atom stereocenters. The second-order valence-electron chi connectivity index (χ2n) is 3.10. The standard InChI is InChI=1S/C8H19O2PS2.H3N/c1-5-7(3)9-11(12,13)10-8(4)6-2;/h7-8H,5-6H2,1-4H3,(H,12,13);1H3. The summed E-state index contributed by atoms with van der Waals surface area (Å²) in [6, 6.07) is 0. The predicted molar refractivity (Wildman–Crippen MR) is 69.3 cm³/mol. The van der Waals surface area contributed by atoms with E-state index in [4.69, 9.17) is 33.1 Å². The lowest BCUT2D eigenvalue weighted by molar-refractivity contribution is 0.163. The fraction of sp³-hybridized carbons (Fsp3) is 1.00. The van der Waals surface area contributed by atoms with Gasteiger partial charge >= 0.3 is 0 Å². The zero-order valence-corrected chi connectivity index (χ0v) is 12.2. The van der Waals surface area contributed by atoms with Gasteiger partial charge in [0.2, 0.25) is 0 Å². The maximum absolute atomic E-state index is 5.48. The number of hydrogen-bond acceptors (Lipinski definition) is 4. The van der Waals surface area contributed by atoms with Gasteiger partial charge in [0.05, 0.1) is 17.9 Å². The van der Waals surface area contributed by atoms with Crippen molar-refractivity contribution in [1.82, 2.24) is 6.15 Å². The van der Waals surface area contributed by atoms with Crippen LogP contribution in [0.2, 0.25) is 0 Å². The van der Waals surface area contributed by atoms with Gasteiger partial charge in [-0.1, -0.05) is 25.7 Å². The molecule has 0 aromatic carbocycles. The minimum Gasteiger partial charge on any atom is -0.691 e. The molecule has 0 spiro atoms. The summed E-state index contributed by atoms with van der Waals surface area (Å²) in [5.41, 5.74) is -2.42. The molecule has 0 aromatic rings. The van der Waals surface area contributed by atoms with Crippen molar-refractivity contribution in [2.24, 2.45) is 0 Å². The highest BCUT2D eigenvalue weighted by atomic mass is 32.9. The third kappa shape index (κ3) is 8.21. The summed E-state index contributed by atoms with van der Waals surface area (Å²) in [6.45, 7) is 8.01. The van der Waals surface area contributed by atoms with E-state index in [1.54, 1.807) is 0 Å². The maximum Gasteiger partial charge on any atom is 0.0601 e. The summed E-state index contributed by atoms with van der Waals surface area (Å²) in [6.07, 6.45) is 2.04. The Hall–Kier alpha value is 0.880. The zero-order chi connectivity index (χ0) is 10.5. The van der Waals surface area contributed by atoms with Crippen molar-refractivity contribution in [3.63, 3.8) is 0 Å². The molecule has 2 atom stereocenters. The Bertz CT molecular complexity index is 176. The summed E-state index contributed by atoms with van der Waals surface area (Å²) in [5, 5.41) is 0. The molecule has 0 saturated carbocycles. The lowest BCUT2D eigenvalue weighted by Gasteiger charge is -2.33. The van der Waals surface area contributed by atoms with Gasteiger partial charge in [0.15, 0.2) is 0 Å². The summed E-state index contributed by atoms with van der Waals surface area (Å²) in [7, 11) is 0. The molecule has 88 valence electrons. The highest BCUT2D eigenvalue weighted by Crippen LogP contribution is 2.48. The first-order valence-electron chi connectivity index (χ1n) is 4.59. The largest absolute Gasteiger partial charge is 0.691 e. The molecule has 4 N–H and O–H groups in total. The minimum absolute atomic E-state index is 0. The van der Waals surface area contributed by atoms with Crippen LogP contribution in [-0.2, 0) is 33.1 Å². The monoisotopic (exact) mass is 259 g/mol. The van der Waals surface area contributed by atoms with E-state index in [2.05, 4.69) is 0 Å². The Kier molecular flexibility index (Phi) is 9.97. The smallest absolute Gasteiger partial charge is 0.0601 e. The molecule has 0 aliphatic heterocycles. The van der Waals surface area contributed by atoms with E-state index in [-0.39, 0.29) is 18.4 Å². The highest BCUT2D eigenvalue weighted by molar-refractivity contribution is 8.51. The van der Waals surface area contributed by atoms with Crippen molar-refractivity contribution in [1.29, 1.82) is 0 Å². The number of hydrogen-bond donors (Lipinski definition) is 1. The molecule has 0 fully saturated rings. The van der Waals surface area contributed by atoms with Crippen LogP contribution in [0.25, 0.3) is 0 Å². The van der Waals surface area contributed by atoms with Crippen molar-refractivity contribution < 1.29 is 9.05 Å². The van der Waals surface area contributed by atoms with Gasteiger partial charge in [-0.25, -0.2) is 0 Å². The molecule has 0 radical (unpaired) electrons. The fourth-order valence-corrected chi connectivity index (χ4v) is 3.61. The molecular formula is C8H22NO2PS2. The van der Waals surface area contributed by atoms with Crippen LogP contribution >= 0.6 is 5.69 Å². The normalized spacial score (nSPS) is 19.2. The van der Waals surface area contributed by atoms with Crippen LogP contribution in [0.4, 0.5) is 0 Å². The van der Waals surface area contributed by atoms with Crippen LogP contribution in [0.5, 0.6) is 0 Å². The van der Waals surface area contributed by atoms with Gasteiger partial charge in [-0.2, -0.15) is 0 Å². The van der Waals surface area contributed by atoms with Gasteiger partial charge in [-0.3, -0.25) is 0 Å². The summed E-state index contributed by atoms with van der Waals surface area (Å²) in [5.74, 6) is 0. The van der Waals surface area contributed by atoms with E-state index in [0.717, 1.165) is 12.8 Å². The second kappa shape index (κ2) is 8.08. The third-order valence-corrected chi connectivity index (χ3v) is 4.04. The summed E-state index contributed by atoms with van der Waals surface area (Å²) >= 11 is 10.2. The van der Waals surface area contributed by atoms with E-state index < -0.39 is 5.69 Å². The van der Waals surface area contributed by atoms with Crippen LogP contribution in [0.15, 0.2) is 0 Å². The van der Waals surface area contributed by atoms with Crippen LogP contribution in [0, 0.1) is 0 Å². The van der Waals surface area contributed by atoms with Gasteiger partial charge < -0.3 is 27.4 Å². The Labute approximate surface area is 97.9 Å². The summed E-state index contributed by atoms with van der Waals surface area (Å²) in [4.78, 5) is 0. The van der Waals surface area contributed by atoms with Gasteiger partial charge in [-0.05, 0) is 26.7 Å². The van der Waals surface area contributed by atoms with E-state index >= 15 is 0 Å². The van der Waals surface area contributed by atoms with Crippen molar-refractivity contribution >= 4 is 29.7 Å². The number of rotatable bonds is 6. The van der Waals surface area contributed by atoms with E-state index in [0.29, 0.717) is 0 Å². The SMILES string of the molecule is CCC(C)OP(=S)([S-])OC(C)CC.[NH4+]. The molecule has 3 nitrogen and oxygen atoms in total. The lowest BCUT2D eigenvalue weighted by atomic mass is 10.3. The molecule has 6 heteroatoms. The molecule has 0 heterocycles. The Morgan fingerprint density at radius 1 is 1.14 bits per heavy atom. The molecule has 0 rings (SSSR count). The molecule has 0 aromatic heterocycles. The second-order valence-corrected chi connectivity index (χ2v) is 7.99. The van der Waals surface area contributed by atoms with Gasteiger partial charge in [0, 0.05) is 0 Å². The molecule has 0 bridgehead atoms. The first kappa shape index (κ1) is 17.3. The van der Waals surface area contributed by atoms with Crippen molar-refractivity contribution in [2.75, 3.05) is 0 Å². The predicted octanol–water partition coefficient (Wildman–Crippen LogP) is 3.76. The van der Waals surface area contributed by atoms with Crippen LogP contribution in [0.1, 0.15) is 40.5 Å². The minimum atomic E-state index is -2.42. The van der Waals surface area contributed by atoms with Gasteiger partial charge in [0.1, 0.15) is 0 Å². The fourth-order valence-electron chi connectivity index (χ4n) is 0.615. The lowest BCUT2D eigenvalue weighted by Crippen LogP contribution is -2.09. The maximum atomic E-state index is 5.48. The quantitative estimate of drug-likeness (QED) is 0.583. The highest BCUT2D eigenvalue weighted by Gasteiger charge is 2.10. The van der Waals surface area contributed by atoms with E-state index in [9.17, 15) is 0 Å². The number of quaternary nitrogens is 1. The molecule has 0 amide bonds. The van der Waals surface area contributed by atoms with Gasteiger partial charge in [0.25, 0.3) is 0 Å². The van der Waals surface area contributed by atoms with Gasteiger partial charge in [-0.15, -0.1) is 0 Å². The first-order chi connectivity index (χ1) is 5.91. The van der Waals surface area contributed by atoms with Crippen LogP contribution < -0.4 is 6.15 Å². The molecule has 14 heavy (non-hydrogen) atoms. The van der Waals surface area contributed by atoms with Crippen molar-refractivity contribution in [3.05, 3.63) is 0 Å². The Balaban J connectivity index is 0. The Morgan fingerprint density at radius 2 is 1.43 bits per heavy atom. The zero-order valence-electron chi connectivity index (χ0n) is 9.65. The van der Waals surface area contributed by atoms with E-state index in [1.807, 2.05) is 27.7 Å². The van der Waals surface area contributed by atoms with Crippen LogP contribution in [-0.4, -0.2) is 12.2 Å². The molecule has 0 aliphatic carbocycles. The molecule has 0 aliphatic rings. The third-order valence-electron chi connectivity index (χ3n) is 1.77. The molecular weight excluding hydrogens is 237 g/mol. The summed E-state index contributed by atoms with van der Waals surface area (Å²) < 4.78 is 11.0. The van der Waals surface area contributed by atoms with Crippen LogP contribution in [0.3, 0.4) is 0 Å². The topological polar surface area (TPSA) is 55.0 Å². The average molecular weight is 259 g/mol. The van der Waals surface area contributed by atoms with E-state index in [1.165, 1.54) is 0 Å². The first-order valence-corrected chi connectivity index (χ1v) is 8.24. The average Bonchev–Trinajstić information content (AvgIpc) is 2.02. The molecule has 0 saturated heterocycles. The van der Waals surface area contributed by atoms with Crippen molar-refractivity contribution in [3.8, 4) is 0 Å². The Morgan fingerprint density at radius 3 is 1.64 bits per heavy atom.